The minimum Gasteiger partial charge on any atom is -0.447 e. The van der Waals surface area contributed by atoms with Crippen molar-refractivity contribution in [2.75, 3.05) is 33.4 Å². The molecular formula is C10H18N2O5S. The van der Waals surface area contributed by atoms with Gasteiger partial charge in [-0.1, -0.05) is 0 Å². The molecule has 0 aromatic carbocycles. The van der Waals surface area contributed by atoms with Gasteiger partial charge in [0.05, 0.1) is 26.4 Å². The quantitative estimate of drug-likeness (QED) is 0.516. The van der Waals surface area contributed by atoms with Gasteiger partial charge in [-0.25, -0.2) is 13.1 Å². The summed E-state index contributed by atoms with van der Waals surface area (Å²) in [6, 6.07) is 3.01. The van der Waals surface area contributed by atoms with Crippen molar-refractivity contribution in [1.82, 2.24) is 10.0 Å². The maximum atomic E-state index is 11.8. The summed E-state index contributed by atoms with van der Waals surface area (Å²) in [6.07, 6.45) is 0. The van der Waals surface area contributed by atoms with E-state index in [1.165, 1.54) is 6.07 Å². The molecule has 0 aliphatic rings. The number of furan rings is 1. The van der Waals surface area contributed by atoms with Crippen molar-refractivity contribution in [2.24, 2.45) is 0 Å². The highest BCUT2D eigenvalue weighted by molar-refractivity contribution is 7.89. The van der Waals surface area contributed by atoms with E-state index in [0.29, 0.717) is 12.3 Å². The Balaban J connectivity index is 2.46. The smallest absolute Gasteiger partial charge is 0.274 e. The summed E-state index contributed by atoms with van der Waals surface area (Å²) in [4.78, 5) is 0. The second kappa shape index (κ2) is 7.49. The van der Waals surface area contributed by atoms with E-state index in [0.717, 1.165) is 0 Å². The molecule has 0 aliphatic heterocycles. The Morgan fingerprint density at radius 3 is 2.83 bits per heavy atom. The second-order valence-electron chi connectivity index (χ2n) is 3.48. The van der Waals surface area contributed by atoms with E-state index in [9.17, 15) is 8.42 Å². The third-order valence-corrected chi connectivity index (χ3v) is 3.36. The molecule has 0 bridgehead atoms. The first-order valence-corrected chi connectivity index (χ1v) is 7.00. The van der Waals surface area contributed by atoms with Crippen LogP contribution in [-0.4, -0.2) is 46.9 Å². The molecule has 1 aromatic heterocycles. The third kappa shape index (κ3) is 4.75. The first-order valence-electron chi connectivity index (χ1n) is 5.51. The van der Waals surface area contributed by atoms with Gasteiger partial charge in [-0.05, 0) is 19.2 Å². The largest absolute Gasteiger partial charge is 0.447 e. The van der Waals surface area contributed by atoms with Crippen LogP contribution in [-0.2, 0) is 21.3 Å². The molecule has 0 fully saturated rings. The minimum absolute atomic E-state index is 0.0850. The Morgan fingerprint density at radius 1 is 1.39 bits per heavy atom. The first-order chi connectivity index (χ1) is 8.60. The Labute approximate surface area is 106 Å². The van der Waals surface area contributed by atoms with Gasteiger partial charge in [0, 0.05) is 6.54 Å². The van der Waals surface area contributed by atoms with Gasteiger partial charge in [-0.3, -0.25) is 0 Å². The minimum atomic E-state index is -3.63. The summed E-state index contributed by atoms with van der Waals surface area (Å²) in [6.45, 7) is 0.899. The molecule has 8 heteroatoms. The van der Waals surface area contributed by atoms with Gasteiger partial charge in [0.1, 0.15) is 5.76 Å². The Bertz CT molecular complexity index is 443. The van der Waals surface area contributed by atoms with Crippen LogP contribution in [0.2, 0.25) is 0 Å². The number of hydrogen-bond acceptors (Lipinski definition) is 6. The zero-order valence-corrected chi connectivity index (χ0v) is 11.0. The number of aliphatic hydroxyl groups is 1. The molecule has 18 heavy (non-hydrogen) atoms. The lowest BCUT2D eigenvalue weighted by Crippen LogP contribution is -2.27. The number of aliphatic hydroxyl groups excluding tert-OH is 1. The van der Waals surface area contributed by atoms with E-state index in [-0.39, 0.29) is 31.5 Å². The maximum Gasteiger partial charge on any atom is 0.274 e. The van der Waals surface area contributed by atoms with E-state index >= 15 is 0 Å². The molecule has 0 saturated heterocycles. The molecule has 0 aliphatic carbocycles. The van der Waals surface area contributed by atoms with Crippen LogP contribution in [0, 0.1) is 0 Å². The van der Waals surface area contributed by atoms with Crippen LogP contribution < -0.4 is 10.0 Å². The van der Waals surface area contributed by atoms with Gasteiger partial charge in [-0.15, -0.1) is 0 Å². The van der Waals surface area contributed by atoms with Gasteiger partial charge < -0.3 is 19.6 Å². The van der Waals surface area contributed by atoms with Crippen molar-refractivity contribution < 1.29 is 22.7 Å². The molecule has 0 saturated carbocycles. The predicted molar refractivity (Wildman–Crippen MR) is 64.6 cm³/mol. The summed E-state index contributed by atoms with van der Waals surface area (Å²) in [5.74, 6) is 0.550. The van der Waals surface area contributed by atoms with Gasteiger partial charge >= 0.3 is 0 Å². The van der Waals surface area contributed by atoms with Crippen LogP contribution in [0.1, 0.15) is 5.76 Å². The average molecular weight is 278 g/mol. The molecule has 0 amide bonds. The van der Waals surface area contributed by atoms with Crippen LogP contribution in [0.15, 0.2) is 21.6 Å². The number of nitrogens with one attached hydrogen (secondary N) is 2. The number of hydrogen-bond donors (Lipinski definition) is 3. The summed E-state index contributed by atoms with van der Waals surface area (Å²) >= 11 is 0. The lowest BCUT2D eigenvalue weighted by atomic mass is 10.4. The summed E-state index contributed by atoms with van der Waals surface area (Å²) in [7, 11) is -1.89. The number of sulfonamides is 1. The molecule has 1 rings (SSSR count). The normalized spacial score (nSPS) is 11.9. The number of rotatable bonds is 9. The van der Waals surface area contributed by atoms with E-state index < -0.39 is 10.0 Å². The van der Waals surface area contributed by atoms with Crippen molar-refractivity contribution in [1.29, 1.82) is 0 Å². The van der Waals surface area contributed by atoms with Gasteiger partial charge in [0.25, 0.3) is 10.0 Å². The van der Waals surface area contributed by atoms with Crippen molar-refractivity contribution >= 4 is 10.0 Å². The lowest BCUT2D eigenvalue weighted by molar-refractivity contribution is 0.0961. The molecule has 0 unspecified atom stereocenters. The Hall–Kier alpha value is -0.930. The topological polar surface area (TPSA) is 101 Å². The van der Waals surface area contributed by atoms with E-state index in [1.54, 1.807) is 13.1 Å². The molecule has 3 N–H and O–H groups in total. The summed E-state index contributed by atoms with van der Waals surface area (Å²) < 4.78 is 36.0. The van der Waals surface area contributed by atoms with E-state index in [4.69, 9.17) is 14.3 Å². The molecule has 0 atom stereocenters. The van der Waals surface area contributed by atoms with Crippen LogP contribution in [0.5, 0.6) is 0 Å². The maximum absolute atomic E-state index is 11.8. The standard InChI is InChI=1S/C10H18N2O5S/c1-11-8-9-2-3-10(17-9)18(14,15)12-4-6-16-7-5-13/h2-3,11-13H,4-8H2,1H3. The zero-order chi connectivity index (χ0) is 13.4. The van der Waals surface area contributed by atoms with Crippen LogP contribution >= 0.6 is 0 Å². The Morgan fingerprint density at radius 2 is 2.17 bits per heavy atom. The van der Waals surface area contributed by atoms with Crippen molar-refractivity contribution in [2.45, 2.75) is 11.6 Å². The van der Waals surface area contributed by atoms with Crippen molar-refractivity contribution in [3.05, 3.63) is 17.9 Å². The first kappa shape index (κ1) is 15.1. The van der Waals surface area contributed by atoms with Crippen LogP contribution in [0.3, 0.4) is 0 Å². The number of ether oxygens (including phenoxy) is 1. The fourth-order valence-electron chi connectivity index (χ4n) is 1.26. The van der Waals surface area contributed by atoms with Crippen molar-refractivity contribution in [3.63, 3.8) is 0 Å². The van der Waals surface area contributed by atoms with E-state index in [1.807, 2.05) is 0 Å². The zero-order valence-electron chi connectivity index (χ0n) is 10.2. The van der Waals surface area contributed by atoms with Gasteiger partial charge in [0.15, 0.2) is 0 Å². The van der Waals surface area contributed by atoms with Gasteiger partial charge in [0.2, 0.25) is 5.09 Å². The lowest BCUT2D eigenvalue weighted by Gasteiger charge is -2.04. The molecule has 7 nitrogen and oxygen atoms in total. The van der Waals surface area contributed by atoms with Crippen LogP contribution in [0.25, 0.3) is 0 Å². The Kier molecular flexibility index (Phi) is 6.30. The molecule has 104 valence electrons. The average Bonchev–Trinajstić information content (AvgIpc) is 2.79. The highest BCUT2D eigenvalue weighted by Crippen LogP contribution is 2.13. The fourth-order valence-corrected chi connectivity index (χ4v) is 2.22. The second-order valence-corrected chi connectivity index (χ2v) is 5.18. The summed E-state index contributed by atoms with van der Waals surface area (Å²) in [5.41, 5.74) is 0. The van der Waals surface area contributed by atoms with Gasteiger partial charge in [-0.2, -0.15) is 0 Å². The van der Waals surface area contributed by atoms with E-state index in [2.05, 4.69) is 10.0 Å². The molecule has 1 aromatic rings. The molecule has 0 spiro atoms. The predicted octanol–water partition coefficient (Wildman–Crippen LogP) is -0.714. The monoisotopic (exact) mass is 278 g/mol. The molecular weight excluding hydrogens is 260 g/mol. The van der Waals surface area contributed by atoms with Crippen molar-refractivity contribution in [3.8, 4) is 0 Å². The summed E-state index contributed by atoms with van der Waals surface area (Å²) in [5, 5.41) is 11.2. The third-order valence-electron chi connectivity index (χ3n) is 2.03. The molecule has 0 radical (unpaired) electrons. The fraction of sp³-hybridized carbons (Fsp3) is 0.600. The highest BCUT2D eigenvalue weighted by atomic mass is 32.2. The SMILES string of the molecule is CNCc1ccc(S(=O)(=O)NCCOCCO)o1. The molecule has 1 heterocycles. The van der Waals surface area contributed by atoms with Crippen LogP contribution in [0.4, 0.5) is 0 Å². The highest BCUT2D eigenvalue weighted by Gasteiger charge is 2.17.